The SMILES string of the molecule is Cc1ccoc1-c1nc2ccc(C(=O)O)cc2s1. The number of rotatable bonds is 2. The predicted molar refractivity (Wildman–Crippen MR) is 69.0 cm³/mol. The molecule has 0 amide bonds. The van der Waals surface area contributed by atoms with Crippen molar-refractivity contribution in [1.82, 2.24) is 4.98 Å². The Morgan fingerprint density at radius 3 is 2.89 bits per heavy atom. The highest BCUT2D eigenvalue weighted by Crippen LogP contribution is 2.32. The Morgan fingerprint density at radius 2 is 2.22 bits per heavy atom. The van der Waals surface area contributed by atoms with E-state index >= 15 is 0 Å². The van der Waals surface area contributed by atoms with Crippen molar-refractivity contribution in [2.75, 3.05) is 0 Å². The molecule has 0 saturated carbocycles. The Bertz CT molecular complexity index is 742. The smallest absolute Gasteiger partial charge is 0.335 e. The number of carbonyl (C=O) groups is 1. The molecule has 0 aliphatic heterocycles. The highest BCUT2D eigenvalue weighted by atomic mass is 32.1. The molecule has 0 atom stereocenters. The van der Waals surface area contributed by atoms with Crippen LogP contribution in [0.2, 0.25) is 0 Å². The molecule has 0 fully saturated rings. The molecule has 0 saturated heterocycles. The lowest BCUT2D eigenvalue weighted by molar-refractivity contribution is 0.0697. The summed E-state index contributed by atoms with van der Waals surface area (Å²) in [5, 5.41) is 9.72. The number of aromatic nitrogens is 1. The first-order chi connectivity index (χ1) is 8.65. The number of hydrogen-bond donors (Lipinski definition) is 1. The zero-order chi connectivity index (χ0) is 12.7. The average molecular weight is 259 g/mol. The number of thiazole rings is 1. The van der Waals surface area contributed by atoms with Crippen molar-refractivity contribution in [2.24, 2.45) is 0 Å². The van der Waals surface area contributed by atoms with Gasteiger partial charge in [0.15, 0.2) is 10.8 Å². The minimum Gasteiger partial charge on any atom is -0.478 e. The maximum Gasteiger partial charge on any atom is 0.335 e. The Kier molecular flexibility index (Phi) is 2.41. The summed E-state index contributed by atoms with van der Waals surface area (Å²) < 4.78 is 6.24. The second kappa shape index (κ2) is 3.96. The maximum atomic E-state index is 10.9. The molecule has 2 heterocycles. The second-order valence-corrected chi connectivity index (χ2v) is 4.97. The van der Waals surface area contributed by atoms with Crippen molar-refractivity contribution < 1.29 is 14.3 Å². The molecule has 0 radical (unpaired) electrons. The van der Waals surface area contributed by atoms with Crippen molar-refractivity contribution in [1.29, 1.82) is 0 Å². The third-order valence-electron chi connectivity index (χ3n) is 2.69. The molecule has 0 bridgehead atoms. The molecular weight excluding hydrogens is 250 g/mol. The maximum absolute atomic E-state index is 10.9. The van der Waals surface area contributed by atoms with Gasteiger partial charge in [-0.3, -0.25) is 0 Å². The summed E-state index contributed by atoms with van der Waals surface area (Å²) in [6, 6.07) is 6.79. The Labute approximate surface area is 107 Å². The van der Waals surface area contributed by atoms with E-state index in [9.17, 15) is 4.79 Å². The predicted octanol–water partition coefficient (Wildman–Crippen LogP) is 3.56. The van der Waals surface area contributed by atoms with E-state index < -0.39 is 5.97 Å². The first-order valence-electron chi connectivity index (χ1n) is 5.33. The highest BCUT2D eigenvalue weighted by molar-refractivity contribution is 7.21. The Balaban J connectivity index is 2.17. The van der Waals surface area contributed by atoms with Gasteiger partial charge in [0.25, 0.3) is 0 Å². The summed E-state index contributed by atoms with van der Waals surface area (Å²) in [5.41, 5.74) is 2.08. The van der Waals surface area contributed by atoms with E-state index in [4.69, 9.17) is 9.52 Å². The zero-order valence-electron chi connectivity index (χ0n) is 9.51. The van der Waals surface area contributed by atoms with Crippen LogP contribution < -0.4 is 0 Å². The molecule has 1 N–H and O–H groups in total. The molecule has 0 unspecified atom stereocenters. The third-order valence-corrected chi connectivity index (χ3v) is 3.71. The number of nitrogens with zero attached hydrogens (tertiary/aromatic N) is 1. The number of carboxylic acid groups (broad SMARTS) is 1. The summed E-state index contributed by atoms with van der Waals surface area (Å²) in [6.45, 7) is 1.95. The first-order valence-corrected chi connectivity index (χ1v) is 6.15. The molecule has 0 spiro atoms. The van der Waals surface area contributed by atoms with Crippen molar-refractivity contribution in [3.05, 3.63) is 41.7 Å². The van der Waals surface area contributed by atoms with Gasteiger partial charge >= 0.3 is 5.97 Å². The largest absolute Gasteiger partial charge is 0.478 e. The van der Waals surface area contributed by atoms with E-state index in [0.717, 1.165) is 26.5 Å². The third kappa shape index (κ3) is 1.69. The van der Waals surface area contributed by atoms with Gasteiger partial charge in [0, 0.05) is 0 Å². The Hall–Kier alpha value is -2.14. The first kappa shape index (κ1) is 11.0. The minimum atomic E-state index is -0.930. The van der Waals surface area contributed by atoms with Crippen LogP contribution in [-0.2, 0) is 0 Å². The molecule has 0 aliphatic rings. The van der Waals surface area contributed by atoms with E-state index in [-0.39, 0.29) is 5.56 Å². The normalized spacial score (nSPS) is 10.9. The van der Waals surface area contributed by atoms with Crippen LogP contribution in [0.25, 0.3) is 21.0 Å². The van der Waals surface area contributed by atoms with Gasteiger partial charge in [0.2, 0.25) is 0 Å². The van der Waals surface area contributed by atoms with Crippen LogP contribution in [0.15, 0.2) is 34.9 Å². The molecule has 5 heteroatoms. The number of aromatic carboxylic acids is 1. The number of benzene rings is 1. The van der Waals surface area contributed by atoms with Gasteiger partial charge in [0.1, 0.15) is 0 Å². The van der Waals surface area contributed by atoms with Crippen LogP contribution in [0.5, 0.6) is 0 Å². The number of carboxylic acids is 1. The van der Waals surface area contributed by atoms with Gasteiger partial charge in [-0.25, -0.2) is 9.78 Å². The average Bonchev–Trinajstić information content (AvgIpc) is 2.92. The number of furan rings is 1. The van der Waals surface area contributed by atoms with Gasteiger partial charge in [0.05, 0.1) is 22.0 Å². The molecule has 3 rings (SSSR count). The van der Waals surface area contributed by atoms with Gasteiger partial charge in [-0.2, -0.15) is 0 Å². The summed E-state index contributed by atoms with van der Waals surface area (Å²) in [6.07, 6.45) is 1.62. The number of hydrogen-bond acceptors (Lipinski definition) is 4. The quantitative estimate of drug-likeness (QED) is 0.764. The lowest BCUT2D eigenvalue weighted by Gasteiger charge is -1.91. The van der Waals surface area contributed by atoms with Crippen molar-refractivity contribution in [2.45, 2.75) is 6.92 Å². The molecule has 0 aliphatic carbocycles. The van der Waals surface area contributed by atoms with E-state index in [0.29, 0.717) is 0 Å². The molecule has 90 valence electrons. The monoisotopic (exact) mass is 259 g/mol. The topological polar surface area (TPSA) is 63.3 Å². The van der Waals surface area contributed by atoms with Crippen LogP contribution in [0, 0.1) is 6.92 Å². The summed E-state index contributed by atoms with van der Waals surface area (Å²) >= 11 is 1.43. The molecule has 1 aromatic carbocycles. The van der Waals surface area contributed by atoms with Crippen LogP contribution in [0.1, 0.15) is 15.9 Å². The standard InChI is InChI=1S/C13H9NO3S/c1-7-4-5-17-11(7)12-14-9-3-2-8(13(15)16)6-10(9)18-12/h2-6H,1H3,(H,15,16). The zero-order valence-corrected chi connectivity index (χ0v) is 10.3. The number of aryl methyl sites for hydroxylation is 1. The van der Waals surface area contributed by atoms with Crippen LogP contribution in [0.4, 0.5) is 0 Å². The Morgan fingerprint density at radius 1 is 1.39 bits per heavy atom. The molecule has 4 nitrogen and oxygen atoms in total. The lowest BCUT2D eigenvalue weighted by atomic mass is 10.2. The van der Waals surface area contributed by atoms with Gasteiger partial charge in [-0.1, -0.05) is 0 Å². The molecule has 3 aromatic rings. The van der Waals surface area contributed by atoms with Crippen molar-refractivity contribution >= 4 is 27.5 Å². The van der Waals surface area contributed by atoms with E-state index in [1.54, 1.807) is 24.5 Å². The van der Waals surface area contributed by atoms with Crippen LogP contribution in [0.3, 0.4) is 0 Å². The fourth-order valence-corrected chi connectivity index (χ4v) is 2.80. The summed E-state index contributed by atoms with van der Waals surface area (Å²) in [7, 11) is 0. The highest BCUT2D eigenvalue weighted by Gasteiger charge is 2.13. The van der Waals surface area contributed by atoms with Crippen LogP contribution >= 0.6 is 11.3 Å². The fourth-order valence-electron chi connectivity index (χ4n) is 1.75. The number of fused-ring (bicyclic) bond motifs is 1. The van der Waals surface area contributed by atoms with Crippen molar-refractivity contribution in [3.8, 4) is 10.8 Å². The van der Waals surface area contributed by atoms with Gasteiger partial charge < -0.3 is 9.52 Å². The van der Waals surface area contributed by atoms with Crippen molar-refractivity contribution in [3.63, 3.8) is 0 Å². The van der Waals surface area contributed by atoms with E-state index in [1.807, 2.05) is 13.0 Å². The van der Waals surface area contributed by atoms with E-state index in [2.05, 4.69) is 4.98 Å². The fraction of sp³-hybridized carbons (Fsp3) is 0.0769. The van der Waals surface area contributed by atoms with E-state index in [1.165, 1.54) is 11.3 Å². The summed E-state index contributed by atoms with van der Waals surface area (Å²) in [5.74, 6) is -0.186. The minimum absolute atomic E-state index is 0.272. The molecule has 2 aromatic heterocycles. The second-order valence-electron chi connectivity index (χ2n) is 3.94. The summed E-state index contributed by atoms with van der Waals surface area (Å²) in [4.78, 5) is 15.3. The van der Waals surface area contributed by atoms with Gasteiger partial charge in [-0.05, 0) is 36.8 Å². The molecular formula is C13H9NO3S. The molecule has 18 heavy (non-hydrogen) atoms. The van der Waals surface area contributed by atoms with Crippen LogP contribution in [-0.4, -0.2) is 16.1 Å². The lowest BCUT2D eigenvalue weighted by Crippen LogP contribution is -1.94. The van der Waals surface area contributed by atoms with Gasteiger partial charge in [-0.15, -0.1) is 11.3 Å².